The van der Waals surface area contributed by atoms with Crippen LogP contribution in [0.2, 0.25) is 0 Å². The van der Waals surface area contributed by atoms with Gasteiger partial charge in [0.2, 0.25) is 0 Å². The SMILES string of the molecule is Cc1onc(Cc2ccco2)c1C(=O)O. The lowest BCUT2D eigenvalue weighted by molar-refractivity contribution is 0.0694. The summed E-state index contributed by atoms with van der Waals surface area (Å²) in [4.78, 5) is 10.9. The van der Waals surface area contributed by atoms with Gasteiger partial charge in [-0.3, -0.25) is 0 Å². The highest BCUT2D eigenvalue weighted by molar-refractivity contribution is 5.89. The molecule has 0 fully saturated rings. The van der Waals surface area contributed by atoms with Crippen LogP contribution in [-0.2, 0) is 6.42 Å². The summed E-state index contributed by atoms with van der Waals surface area (Å²) in [7, 11) is 0. The van der Waals surface area contributed by atoms with Crippen molar-refractivity contribution in [2.75, 3.05) is 0 Å². The first kappa shape index (κ1) is 9.51. The number of aromatic nitrogens is 1. The largest absolute Gasteiger partial charge is 0.477 e. The minimum atomic E-state index is -1.03. The van der Waals surface area contributed by atoms with Gasteiger partial charge in [0, 0.05) is 0 Å². The minimum absolute atomic E-state index is 0.117. The predicted octanol–water partition coefficient (Wildman–Crippen LogP) is 1.87. The maximum atomic E-state index is 10.9. The molecule has 0 saturated heterocycles. The Morgan fingerprint density at radius 1 is 1.60 bits per heavy atom. The Labute approximate surface area is 85.3 Å². The third-order valence-corrected chi connectivity index (χ3v) is 2.07. The van der Waals surface area contributed by atoms with Crippen molar-refractivity contribution in [1.29, 1.82) is 0 Å². The summed E-state index contributed by atoms with van der Waals surface area (Å²) >= 11 is 0. The molecule has 1 N–H and O–H groups in total. The molecule has 0 spiro atoms. The molecule has 0 aliphatic carbocycles. The molecule has 2 heterocycles. The molecule has 2 rings (SSSR count). The van der Waals surface area contributed by atoms with Crippen molar-refractivity contribution in [3.8, 4) is 0 Å². The lowest BCUT2D eigenvalue weighted by Gasteiger charge is -1.94. The van der Waals surface area contributed by atoms with Gasteiger partial charge in [-0.15, -0.1) is 0 Å². The normalized spacial score (nSPS) is 10.5. The van der Waals surface area contributed by atoms with Crippen LogP contribution in [0.4, 0.5) is 0 Å². The Morgan fingerprint density at radius 3 is 3.00 bits per heavy atom. The molecule has 0 aliphatic heterocycles. The number of hydrogen-bond donors (Lipinski definition) is 1. The summed E-state index contributed by atoms with van der Waals surface area (Å²) in [6.07, 6.45) is 1.86. The Kier molecular flexibility index (Phi) is 2.29. The zero-order chi connectivity index (χ0) is 10.8. The van der Waals surface area contributed by atoms with Gasteiger partial charge < -0.3 is 14.0 Å². The maximum absolute atomic E-state index is 10.9. The van der Waals surface area contributed by atoms with E-state index < -0.39 is 5.97 Å². The molecule has 0 aromatic carbocycles. The van der Waals surface area contributed by atoms with E-state index in [-0.39, 0.29) is 5.56 Å². The number of rotatable bonds is 3. The van der Waals surface area contributed by atoms with Crippen LogP contribution in [0.5, 0.6) is 0 Å². The molecule has 5 nitrogen and oxygen atoms in total. The van der Waals surface area contributed by atoms with Crippen LogP contribution in [0.25, 0.3) is 0 Å². The van der Waals surface area contributed by atoms with Gasteiger partial charge in [0.05, 0.1) is 12.7 Å². The maximum Gasteiger partial charge on any atom is 0.341 e. The van der Waals surface area contributed by atoms with Crippen molar-refractivity contribution in [2.45, 2.75) is 13.3 Å². The van der Waals surface area contributed by atoms with Crippen LogP contribution in [0.15, 0.2) is 27.3 Å². The van der Waals surface area contributed by atoms with Gasteiger partial charge in [0.25, 0.3) is 0 Å². The first-order valence-electron chi connectivity index (χ1n) is 4.39. The molecule has 15 heavy (non-hydrogen) atoms. The summed E-state index contributed by atoms with van der Waals surface area (Å²) < 4.78 is 9.94. The van der Waals surface area contributed by atoms with Gasteiger partial charge in [0.1, 0.15) is 22.8 Å². The van der Waals surface area contributed by atoms with E-state index >= 15 is 0 Å². The van der Waals surface area contributed by atoms with Crippen molar-refractivity contribution in [1.82, 2.24) is 5.16 Å². The summed E-state index contributed by atoms with van der Waals surface area (Å²) in [5.41, 5.74) is 0.501. The summed E-state index contributed by atoms with van der Waals surface area (Å²) in [6, 6.07) is 3.50. The fourth-order valence-corrected chi connectivity index (χ4v) is 1.39. The van der Waals surface area contributed by atoms with E-state index in [1.807, 2.05) is 0 Å². The highest BCUT2D eigenvalue weighted by Crippen LogP contribution is 2.17. The lowest BCUT2D eigenvalue weighted by atomic mass is 10.1. The smallest absolute Gasteiger partial charge is 0.341 e. The second kappa shape index (κ2) is 3.61. The number of carbonyl (C=O) groups is 1. The van der Waals surface area contributed by atoms with E-state index in [1.54, 1.807) is 19.1 Å². The summed E-state index contributed by atoms with van der Waals surface area (Å²) in [6.45, 7) is 1.57. The molecule has 0 radical (unpaired) electrons. The fraction of sp³-hybridized carbons (Fsp3) is 0.200. The molecule has 2 aromatic heterocycles. The molecule has 0 atom stereocenters. The molecule has 0 unspecified atom stereocenters. The second-order valence-electron chi connectivity index (χ2n) is 3.12. The zero-order valence-electron chi connectivity index (χ0n) is 8.06. The highest BCUT2D eigenvalue weighted by atomic mass is 16.5. The van der Waals surface area contributed by atoms with E-state index in [1.165, 1.54) is 6.26 Å². The Hall–Kier alpha value is -2.04. The predicted molar refractivity (Wildman–Crippen MR) is 49.7 cm³/mol. The quantitative estimate of drug-likeness (QED) is 0.831. The van der Waals surface area contributed by atoms with Crippen molar-refractivity contribution >= 4 is 5.97 Å². The van der Waals surface area contributed by atoms with Gasteiger partial charge in [-0.05, 0) is 19.1 Å². The van der Waals surface area contributed by atoms with Gasteiger partial charge in [-0.2, -0.15) is 0 Å². The topological polar surface area (TPSA) is 76.5 Å². The van der Waals surface area contributed by atoms with E-state index in [0.29, 0.717) is 23.6 Å². The van der Waals surface area contributed by atoms with Crippen LogP contribution >= 0.6 is 0 Å². The molecule has 78 valence electrons. The van der Waals surface area contributed by atoms with Crippen LogP contribution in [-0.4, -0.2) is 16.2 Å². The third kappa shape index (κ3) is 1.76. The molecule has 0 saturated carbocycles. The number of aryl methyl sites for hydroxylation is 1. The molecule has 5 heteroatoms. The van der Waals surface area contributed by atoms with Crippen LogP contribution in [0, 0.1) is 6.92 Å². The number of carboxylic acid groups (broad SMARTS) is 1. The number of nitrogens with zero attached hydrogens (tertiary/aromatic N) is 1. The molecule has 0 amide bonds. The van der Waals surface area contributed by atoms with Gasteiger partial charge in [-0.1, -0.05) is 5.16 Å². The number of aromatic carboxylic acids is 1. The lowest BCUT2D eigenvalue weighted by Crippen LogP contribution is -2.02. The van der Waals surface area contributed by atoms with E-state index in [2.05, 4.69) is 5.16 Å². The van der Waals surface area contributed by atoms with Crippen molar-refractivity contribution < 1.29 is 18.8 Å². The minimum Gasteiger partial charge on any atom is -0.477 e. The third-order valence-electron chi connectivity index (χ3n) is 2.07. The molecular weight excluding hydrogens is 198 g/mol. The first-order chi connectivity index (χ1) is 7.18. The summed E-state index contributed by atoms with van der Waals surface area (Å²) in [5.74, 6) is -0.0647. The molecule has 2 aromatic rings. The molecule has 0 aliphatic rings. The average Bonchev–Trinajstić information content (AvgIpc) is 2.76. The van der Waals surface area contributed by atoms with E-state index in [0.717, 1.165) is 0 Å². The van der Waals surface area contributed by atoms with Crippen LogP contribution in [0.3, 0.4) is 0 Å². The summed E-state index contributed by atoms with van der Waals surface area (Å²) in [5, 5.41) is 12.6. The van der Waals surface area contributed by atoms with Crippen LogP contribution < -0.4 is 0 Å². The van der Waals surface area contributed by atoms with Crippen molar-refractivity contribution in [3.05, 3.63) is 41.2 Å². The number of furan rings is 1. The van der Waals surface area contributed by atoms with Gasteiger partial charge >= 0.3 is 5.97 Å². The van der Waals surface area contributed by atoms with E-state index in [4.69, 9.17) is 14.0 Å². The standard InChI is InChI=1S/C10H9NO4/c1-6-9(10(12)13)8(11-15-6)5-7-3-2-4-14-7/h2-4H,5H2,1H3,(H,12,13). The average molecular weight is 207 g/mol. The second-order valence-corrected chi connectivity index (χ2v) is 3.12. The highest BCUT2D eigenvalue weighted by Gasteiger charge is 2.20. The van der Waals surface area contributed by atoms with E-state index in [9.17, 15) is 4.79 Å². The fourth-order valence-electron chi connectivity index (χ4n) is 1.39. The van der Waals surface area contributed by atoms with Crippen molar-refractivity contribution in [2.24, 2.45) is 0 Å². The molecule has 0 bridgehead atoms. The Bertz CT molecular complexity index is 470. The van der Waals surface area contributed by atoms with Crippen molar-refractivity contribution in [3.63, 3.8) is 0 Å². The van der Waals surface area contributed by atoms with Gasteiger partial charge in [0.15, 0.2) is 0 Å². The molecular formula is C10H9NO4. The van der Waals surface area contributed by atoms with Gasteiger partial charge in [-0.25, -0.2) is 4.79 Å². The Morgan fingerprint density at radius 2 is 2.40 bits per heavy atom. The number of hydrogen-bond acceptors (Lipinski definition) is 4. The Balaban J connectivity index is 2.33. The number of carboxylic acids is 1. The zero-order valence-corrected chi connectivity index (χ0v) is 8.06. The van der Waals surface area contributed by atoms with Crippen LogP contribution in [0.1, 0.15) is 27.6 Å². The first-order valence-corrected chi connectivity index (χ1v) is 4.39. The monoisotopic (exact) mass is 207 g/mol.